The largest absolute Gasteiger partial charge is 0.351 e. The number of hydrogen-bond donors (Lipinski definition) is 2. The number of unbranched alkanes of at least 4 members (excludes halogenated alkanes) is 3. The van der Waals surface area contributed by atoms with Gasteiger partial charge in [-0.3, -0.25) is 4.79 Å². The van der Waals surface area contributed by atoms with Crippen LogP contribution in [0.1, 0.15) is 70.6 Å². The number of amides is 1. The van der Waals surface area contributed by atoms with E-state index in [1.54, 1.807) is 0 Å². The van der Waals surface area contributed by atoms with E-state index < -0.39 is 0 Å². The summed E-state index contributed by atoms with van der Waals surface area (Å²) in [6.45, 7) is 0.777. The van der Waals surface area contributed by atoms with Crippen LogP contribution in [0.5, 0.6) is 0 Å². The van der Waals surface area contributed by atoms with Crippen LogP contribution in [-0.4, -0.2) is 18.0 Å². The molecule has 4 rings (SSSR count). The highest BCUT2D eigenvalue weighted by molar-refractivity contribution is 5.76. The normalized spacial score (nSPS) is 38.1. The van der Waals surface area contributed by atoms with Gasteiger partial charge in [-0.1, -0.05) is 12.8 Å². The van der Waals surface area contributed by atoms with Crippen LogP contribution < -0.4 is 11.1 Å². The van der Waals surface area contributed by atoms with E-state index in [4.69, 9.17) is 5.73 Å². The minimum absolute atomic E-state index is 0.198. The first-order valence-corrected chi connectivity index (χ1v) is 8.70. The van der Waals surface area contributed by atoms with Gasteiger partial charge in [0, 0.05) is 12.0 Å². The van der Waals surface area contributed by atoms with E-state index in [1.807, 2.05) is 0 Å². The van der Waals surface area contributed by atoms with Gasteiger partial charge in [0.25, 0.3) is 0 Å². The van der Waals surface area contributed by atoms with Gasteiger partial charge in [0.2, 0.25) is 5.91 Å². The predicted molar refractivity (Wildman–Crippen MR) is 81.2 cm³/mol. The molecule has 4 aliphatic carbocycles. The van der Waals surface area contributed by atoms with Gasteiger partial charge in [-0.2, -0.15) is 0 Å². The van der Waals surface area contributed by atoms with Crippen molar-refractivity contribution in [2.75, 3.05) is 6.54 Å². The number of carbonyl (C=O) groups excluding carboxylic acids is 1. The molecule has 0 aromatic carbocycles. The summed E-state index contributed by atoms with van der Waals surface area (Å²) in [5.74, 6) is 3.03. The first-order valence-electron chi connectivity index (χ1n) is 8.70. The molecule has 4 bridgehead atoms. The molecule has 0 aliphatic heterocycles. The van der Waals surface area contributed by atoms with Crippen LogP contribution in [0.3, 0.4) is 0 Å². The second kappa shape index (κ2) is 6.05. The standard InChI is InChI=1S/C17H30N2O/c18-6-4-2-1-3-5-16(20)19-17-10-13-7-14(11-17)9-15(8-13)12-17/h13-15H,1-12,18H2,(H,19,20). The van der Waals surface area contributed by atoms with Crippen molar-refractivity contribution in [3.63, 3.8) is 0 Å². The maximum absolute atomic E-state index is 12.2. The number of nitrogens with one attached hydrogen (secondary N) is 1. The molecule has 4 saturated carbocycles. The van der Waals surface area contributed by atoms with Gasteiger partial charge in [-0.25, -0.2) is 0 Å². The van der Waals surface area contributed by atoms with Crippen molar-refractivity contribution in [3.8, 4) is 0 Å². The summed E-state index contributed by atoms with van der Waals surface area (Å²) in [5.41, 5.74) is 5.68. The quantitative estimate of drug-likeness (QED) is 0.703. The maximum Gasteiger partial charge on any atom is 0.220 e. The summed E-state index contributed by atoms with van der Waals surface area (Å²) in [7, 11) is 0. The Hall–Kier alpha value is -0.570. The molecule has 1 amide bonds. The lowest BCUT2D eigenvalue weighted by Gasteiger charge is -2.56. The Balaban J connectivity index is 1.44. The monoisotopic (exact) mass is 278 g/mol. The van der Waals surface area contributed by atoms with E-state index in [0.29, 0.717) is 12.3 Å². The Labute approximate surface area is 123 Å². The lowest BCUT2D eigenvalue weighted by molar-refractivity contribution is -0.127. The fourth-order valence-electron chi connectivity index (χ4n) is 5.41. The van der Waals surface area contributed by atoms with E-state index in [2.05, 4.69) is 5.32 Å². The van der Waals surface area contributed by atoms with Gasteiger partial charge in [0.05, 0.1) is 0 Å². The Morgan fingerprint density at radius 3 is 2.05 bits per heavy atom. The molecule has 0 spiro atoms. The molecule has 0 aromatic heterocycles. The fourth-order valence-corrected chi connectivity index (χ4v) is 5.41. The highest BCUT2D eigenvalue weighted by Gasteiger charge is 2.51. The van der Waals surface area contributed by atoms with Gasteiger partial charge in [0.1, 0.15) is 0 Å². The summed E-state index contributed by atoms with van der Waals surface area (Å²) in [6.07, 6.45) is 13.2. The molecule has 0 atom stereocenters. The Morgan fingerprint density at radius 2 is 1.50 bits per heavy atom. The number of nitrogens with two attached hydrogens (primary N) is 1. The molecule has 114 valence electrons. The third-order valence-electron chi connectivity index (χ3n) is 5.80. The average molecular weight is 278 g/mol. The molecule has 4 aliphatic rings. The highest BCUT2D eigenvalue weighted by Crippen LogP contribution is 2.55. The summed E-state index contributed by atoms with van der Waals surface area (Å²) >= 11 is 0. The smallest absolute Gasteiger partial charge is 0.220 e. The summed E-state index contributed by atoms with van der Waals surface area (Å²) < 4.78 is 0. The number of carbonyl (C=O) groups is 1. The molecule has 3 nitrogen and oxygen atoms in total. The zero-order valence-corrected chi connectivity index (χ0v) is 12.7. The van der Waals surface area contributed by atoms with Gasteiger partial charge in [-0.15, -0.1) is 0 Å². The molecule has 20 heavy (non-hydrogen) atoms. The minimum atomic E-state index is 0.198. The molecule has 0 radical (unpaired) electrons. The molecule has 0 heterocycles. The van der Waals surface area contributed by atoms with E-state index in [9.17, 15) is 4.79 Å². The third kappa shape index (κ3) is 3.19. The van der Waals surface area contributed by atoms with E-state index in [-0.39, 0.29) is 5.54 Å². The van der Waals surface area contributed by atoms with Crippen LogP contribution >= 0.6 is 0 Å². The second-order valence-corrected chi connectivity index (χ2v) is 7.70. The Morgan fingerprint density at radius 1 is 0.950 bits per heavy atom. The SMILES string of the molecule is NCCCCCCC(=O)NC12CC3CC(CC(C3)C1)C2. The molecular formula is C17H30N2O. The van der Waals surface area contributed by atoms with Crippen LogP contribution in [0, 0.1) is 17.8 Å². The van der Waals surface area contributed by atoms with Gasteiger partial charge >= 0.3 is 0 Å². The molecule has 4 fully saturated rings. The summed E-state index contributed by atoms with van der Waals surface area (Å²) in [4.78, 5) is 12.2. The summed E-state index contributed by atoms with van der Waals surface area (Å²) in [6, 6.07) is 0. The number of rotatable bonds is 7. The Bertz CT molecular complexity index is 318. The zero-order chi connectivity index (χ0) is 14.0. The molecule has 3 heteroatoms. The third-order valence-corrected chi connectivity index (χ3v) is 5.80. The van der Waals surface area contributed by atoms with Gasteiger partial charge in [-0.05, 0) is 75.7 Å². The molecule has 0 aromatic rings. The predicted octanol–water partition coefficient (Wildman–Crippen LogP) is 2.98. The van der Waals surface area contributed by atoms with Crippen LogP contribution in [-0.2, 0) is 4.79 Å². The van der Waals surface area contributed by atoms with E-state index in [0.717, 1.165) is 43.6 Å². The van der Waals surface area contributed by atoms with Crippen molar-refractivity contribution in [3.05, 3.63) is 0 Å². The van der Waals surface area contributed by atoms with Crippen LogP contribution in [0.25, 0.3) is 0 Å². The van der Waals surface area contributed by atoms with Crippen molar-refractivity contribution < 1.29 is 4.79 Å². The number of hydrogen-bond acceptors (Lipinski definition) is 2. The molecule has 3 N–H and O–H groups in total. The minimum Gasteiger partial charge on any atom is -0.351 e. The maximum atomic E-state index is 12.2. The topological polar surface area (TPSA) is 55.1 Å². The summed E-state index contributed by atoms with van der Waals surface area (Å²) in [5, 5.41) is 3.45. The van der Waals surface area contributed by atoms with Crippen molar-refractivity contribution in [1.82, 2.24) is 5.32 Å². The molecule has 0 saturated heterocycles. The van der Waals surface area contributed by atoms with Crippen molar-refractivity contribution in [1.29, 1.82) is 0 Å². The highest BCUT2D eigenvalue weighted by atomic mass is 16.1. The van der Waals surface area contributed by atoms with Gasteiger partial charge in [0.15, 0.2) is 0 Å². The van der Waals surface area contributed by atoms with Crippen LogP contribution in [0.15, 0.2) is 0 Å². The first-order chi connectivity index (χ1) is 9.69. The lowest BCUT2D eigenvalue weighted by Crippen LogP contribution is -2.59. The molecular weight excluding hydrogens is 248 g/mol. The second-order valence-electron chi connectivity index (χ2n) is 7.70. The van der Waals surface area contributed by atoms with E-state index >= 15 is 0 Å². The Kier molecular flexibility index (Phi) is 4.34. The van der Waals surface area contributed by atoms with Crippen molar-refractivity contribution in [2.45, 2.75) is 76.2 Å². The van der Waals surface area contributed by atoms with Crippen molar-refractivity contribution >= 4 is 5.91 Å². The molecule has 0 unspecified atom stereocenters. The fraction of sp³-hybridized carbons (Fsp3) is 0.941. The van der Waals surface area contributed by atoms with Crippen molar-refractivity contribution in [2.24, 2.45) is 23.5 Å². The zero-order valence-electron chi connectivity index (χ0n) is 12.7. The van der Waals surface area contributed by atoms with E-state index in [1.165, 1.54) is 44.9 Å². The van der Waals surface area contributed by atoms with Gasteiger partial charge < -0.3 is 11.1 Å². The van der Waals surface area contributed by atoms with Crippen LogP contribution in [0.4, 0.5) is 0 Å². The first kappa shape index (κ1) is 14.4. The lowest BCUT2D eigenvalue weighted by atomic mass is 9.53. The average Bonchev–Trinajstić information content (AvgIpc) is 2.36. The van der Waals surface area contributed by atoms with Crippen LogP contribution in [0.2, 0.25) is 0 Å².